The molecule has 0 bridgehead atoms. The van der Waals surface area contributed by atoms with Crippen molar-refractivity contribution in [3.8, 4) is 0 Å². The molecular weight excluding hydrogens is 392 g/mol. The number of pyridine rings is 1. The van der Waals surface area contributed by atoms with Gasteiger partial charge < -0.3 is 16.0 Å². The molecule has 3 N–H and O–H groups in total. The van der Waals surface area contributed by atoms with Crippen molar-refractivity contribution in [3.05, 3.63) is 22.8 Å². The molecular formula is C13H18Cl3F3N4O. The molecule has 0 radical (unpaired) electrons. The second-order valence-electron chi connectivity index (χ2n) is 5.12. The van der Waals surface area contributed by atoms with Crippen LogP contribution in [0.3, 0.4) is 0 Å². The van der Waals surface area contributed by atoms with Crippen LogP contribution in [0.2, 0.25) is 5.02 Å². The molecule has 0 saturated carbocycles. The van der Waals surface area contributed by atoms with Crippen molar-refractivity contribution in [1.82, 2.24) is 9.88 Å². The molecule has 0 aromatic carbocycles. The SMILES string of the molecule is Cl.Cl.N[C@@H]1CCN(C(=O)CCNc2ncc(C(F)(F)F)cc2Cl)C1. The van der Waals surface area contributed by atoms with Gasteiger partial charge in [0.05, 0.1) is 10.6 Å². The van der Waals surface area contributed by atoms with E-state index in [0.29, 0.717) is 19.3 Å². The highest BCUT2D eigenvalue weighted by atomic mass is 35.5. The average Bonchev–Trinajstić information content (AvgIpc) is 2.86. The van der Waals surface area contributed by atoms with Gasteiger partial charge >= 0.3 is 6.18 Å². The van der Waals surface area contributed by atoms with Crippen molar-refractivity contribution >= 4 is 48.1 Å². The van der Waals surface area contributed by atoms with E-state index < -0.39 is 11.7 Å². The molecule has 0 aliphatic carbocycles. The first kappa shape index (κ1) is 23.0. The maximum Gasteiger partial charge on any atom is 0.417 e. The largest absolute Gasteiger partial charge is 0.417 e. The van der Waals surface area contributed by atoms with Gasteiger partial charge in [-0.05, 0) is 12.5 Å². The molecule has 5 nitrogen and oxygen atoms in total. The van der Waals surface area contributed by atoms with Gasteiger partial charge in [0.15, 0.2) is 0 Å². The molecule has 138 valence electrons. The molecule has 0 unspecified atom stereocenters. The number of nitrogens with zero attached hydrogens (tertiary/aromatic N) is 2. The van der Waals surface area contributed by atoms with E-state index in [2.05, 4.69) is 10.3 Å². The van der Waals surface area contributed by atoms with Crippen LogP contribution in [0.4, 0.5) is 19.0 Å². The number of nitrogens with one attached hydrogen (secondary N) is 1. The van der Waals surface area contributed by atoms with Gasteiger partial charge in [-0.25, -0.2) is 4.98 Å². The average molecular weight is 410 g/mol. The monoisotopic (exact) mass is 408 g/mol. The number of aromatic nitrogens is 1. The number of anilines is 1. The second kappa shape index (κ2) is 9.50. The topological polar surface area (TPSA) is 71.2 Å². The Morgan fingerprint density at radius 3 is 2.62 bits per heavy atom. The van der Waals surface area contributed by atoms with Crippen LogP contribution in [-0.4, -0.2) is 41.5 Å². The fourth-order valence-electron chi connectivity index (χ4n) is 2.18. The molecule has 1 fully saturated rings. The van der Waals surface area contributed by atoms with Crippen LogP contribution < -0.4 is 11.1 Å². The minimum atomic E-state index is -4.49. The molecule has 1 aromatic rings. The molecule has 1 aliphatic rings. The van der Waals surface area contributed by atoms with Crippen molar-refractivity contribution in [2.75, 3.05) is 25.0 Å². The lowest BCUT2D eigenvalue weighted by atomic mass is 10.2. The summed E-state index contributed by atoms with van der Waals surface area (Å²) in [5.74, 6) is 0.0732. The van der Waals surface area contributed by atoms with Crippen LogP contribution in [-0.2, 0) is 11.0 Å². The van der Waals surface area contributed by atoms with Crippen LogP contribution in [0.5, 0.6) is 0 Å². The Hall–Kier alpha value is -0.960. The van der Waals surface area contributed by atoms with Gasteiger partial charge in [-0.3, -0.25) is 4.79 Å². The molecule has 2 rings (SSSR count). The van der Waals surface area contributed by atoms with Crippen molar-refractivity contribution in [2.45, 2.75) is 25.1 Å². The maximum absolute atomic E-state index is 12.5. The summed E-state index contributed by atoms with van der Waals surface area (Å²) in [5, 5.41) is 2.63. The maximum atomic E-state index is 12.5. The number of amides is 1. The molecule has 0 spiro atoms. The summed E-state index contributed by atoms with van der Waals surface area (Å²) in [4.78, 5) is 17.2. The smallest absolute Gasteiger partial charge is 0.368 e. The van der Waals surface area contributed by atoms with Crippen molar-refractivity contribution in [3.63, 3.8) is 0 Å². The molecule has 1 atom stereocenters. The molecule has 2 heterocycles. The zero-order chi connectivity index (χ0) is 16.3. The number of hydrogen-bond donors (Lipinski definition) is 2. The summed E-state index contributed by atoms with van der Waals surface area (Å²) in [6.07, 6.45) is -2.80. The summed E-state index contributed by atoms with van der Waals surface area (Å²) >= 11 is 5.76. The van der Waals surface area contributed by atoms with Crippen molar-refractivity contribution in [1.29, 1.82) is 0 Å². The van der Waals surface area contributed by atoms with E-state index in [0.717, 1.165) is 12.5 Å². The van der Waals surface area contributed by atoms with Gasteiger partial charge in [0.1, 0.15) is 5.82 Å². The molecule has 1 amide bonds. The van der Waals surface area contributed by atoms with E-state index >= 15 is 0 Å². The van der Waals surface area contributed by atoms with E-state index in [4.69, 9.17) is 17.3 Å². The summed E-state index contributed by atoms with van der Waals surface area (Å²) in [7, 11) is 0. The molecule has 1 aliphatic heterocycles. The Morgan fingerprint density at radius 1 is 1.46 bits per heavy atom. The van der Waals surface area contributed by atoms with Crippen molar-refractivity contribution < 1.29 is 18.0 Å². The number of halogens is 6. The third kappa shape index (κ3) is 6.16. The van der Waals surface area contributed by atoms with Crippen LogP contribution in [0.1, 0.15) is 18.4 Å². The third-order valence-electron chi connectivity index (χ3n) is 3.38. The lowest BCUT2D eigenvalue weighted by Crippen LogP contribution is -2.32. The number of likely N-dealkylation sites (tertiary alicyclic amines) is 1. The Bertz CT molecular complexity index is 560. The number of carbonyl (C=O) groups excluding carboxylic acids is 1. The number of rotatable bonds is 4. The van der Waals surface area contributed by atoms with Crippen LogP contribution in [0.15, 0.2) is 12.3 Å². The Kier molecular flexibility index (Phi) is 9.12. The highest BCUT2D eigenvalue weighted by Crippen LogP contribution is 2.32. The van der Waals surface area contributed by atoms with Crippen LogP contribution in [0, 0.1) is 0 Å². The first-order chi connectivity index (χ1) is 10.3. The Balaban J connectivity index is 0.00000264. The third-order valence-corrected chi connectivity index (χ3v) is 3.67. The lowest BCUT2D eigenvalue weighted by molar-refractivity contribution is -0.137. The van der Waals surface area contributed by atoms with E-state index in [1.165, 1.54) is 0 Å². The predicted molar refractivity (Wildman–Crippen MR) is 91.0 cm³/mol. The van der Waals surface area contributed by atoms with Crippen LogP contribution in [0.25, 0.3) is 0 Å². The van der Waals surface area contributed by atoms with Crippen molar-refractivity contribution in [2.24, 2.45) is 5.73 Å². The van der Waals surface area contributed by atoms with E-state index in [-0.39, 0.29) is 60.6 Å². The van der Waals surface area contributed by atoms with E-state index in [1.807, 2.05) is 0 Å². The normalized spacial score (nSPS) is 17.0. The minimum absolute atomic E-state index is 0. The van der Waals surface area contributed by atoms with E-state index in [1.54, 1.807) is 4.90 Å². The summed E-state index contributed by atoms with van der Waals surface area (Å²) in [6, 6.07) is 0.820. The predicted octanol–water partition coefficient (Wildman–Crippen LogP) is 2.96. The van der Waals surface area contributed by atoms with Crippen LogP contribution >= 0.6 is 36.4 Å². The number of nitrogens with two attached hydrogens (primary N) is 1. The zero-order valence-electron chi connectivity index (χ0n) is 12.5. The van der Waals surface area contributed by atoms with Gasteiger partial charge in [-0.2, -0.15) is 13.2 Å². The highest BCUT2D eigenvalue weighted by Gasteiger charge is 2.31. The Labute approximate surface area is 154 Å². The van der Waals surface area contributed by atoms with Gasteiger partial charge in [0, 0.05) is 38.3 Å². The summed E-state index contributed by atoms with van der Waals surface area (Å²) in [5.41, 5.74) is 4.81. The summed E-state index contributed by atoms with van der Waals surface area (Å²) in [6.45, 7) is 1.42. The number of alkyl halides is 3. The highest BCUT2D eigenvalue weighted by molar-refractivity contribution is 6.32. The molecule has 1 aromatic heterocycles. The second-order valence-corrected chi connectivity index (χ2v) is 5.52. The number of hydrogen-bond acceptors (Lipinski definition) is 4. The lowest BCUT2D eigenvalue weighted by Gasteiger charge is -2.16. The quantitative estimate of drug-likeness (QED) is 0.802. The van der Waals surface area contributed by atoms with Gasteiger partial charge in [-0.1, -0.05) is 11.6 Å². The fourth-order valence-corrected chi connectivity index (χ4v) is 2.42. The summed E-state index contributed by atoms with van der Waals surface area (Å²) < 4.78 is 37.4. The minimum Gasteiger partial charge on any atom is -0.368 e. The molecule has 11 heteroatoms. The Morgan fingerprint density at radius 2 is 2.12 bits per heavy atom. The zero-order valence-corrected chi connectivity index (χ0v) is 14.9. The molecule has 1 saturated heterocycles. The number of carbonyl (C=O) groups is 1. The fraction of sp³-hybridized carbons (Fsp3) is 0.538. The van der Waals surface area contributed by atoms with Gasteiger partial charge in [-0.15, -0.1) is 24.8 Å². The van der Waals surface area contributed by atoms with Gasteiger partial charge in [0.2, 0.25) is 5.91 Å². The molecule has 24 heavy (non-hydrogen) atoms. The first-order valence-electron chi connectivity index (χ1n) is 6.77. The first-order valence-corrected chi connectivity index (χ1v) is 7.15. The standard InChI is InChI=1S/C13H16ClF3N4O.2ClH/c14-10-5-8(13(15,16)17)6-20-12(10)19-3-1-11(22)21-4-2-9(18)7-21;;/h5-6,9H,1-4,7,18H2,(H,19,20);2*1H/t9-;;/m1../s1. The van der Waals surface area contributed by atoms with E-state index in [9.17, 15) is 18.0 Å². The van der Waals surface area contributed by atoms with Gasteiger partial charge in [0.25, 0.3) is 0 Å².